The van der Waals surface area contributed by atoms with Gasteiger partial charge < -0.3 is 5.73 Å². The molecule has 5 nitrogen and oxygen atoms in total. The smallest absolute Gasteiger partial charge is 0.398 e. The van der Waals surface area contributed by atoms with Crippen molar-refractivity contribution < 1.29 is 9.39 Å². The Morgan fingerprint density at radius 1 is 1.41 bits per heavy atom. The minimum absolute atomic E-state index is 0.0153. The molecule has 0 saturated carbocycles. The summed E-state index contributed by atoms with van der Waals surface area (Å²) in [7, 11) is 5.19. The normalized spacial score (nSPS) is 11.4. The highest BCUT2D eigenvalue weighted by Gasteiger charge is 2.25. The lowest BCUT2D eigenvalue weighted by Crippen LogP contribution is -2.56. The van der Waals surface area contributed by atoms with Crippen molar-refractivity contribution >= 4 is 29.0 Å². The first kappa shape index (κ1) is 13.8. The number of aryl methyl sites for hydroxylation is 1. The molecule has 2 amide bonds. The Labute approximate surface area is 106 Å². The van der Waals surface area contributed by atoms with E-state index in [4.69, 9.17) is 17.3 Å². The second-order valence-corrected chi connectivity index (χ2v) is 4.70. The number of hydrogen-bond acceptors (Lipinski definition) is 3. The van der Waals surface area contributed by atoms with E-state index < -0.39 is 0 Å². The number of quaternary nitrogens is 1. The van der Waals surface area contributed by atoms with Crippen LogP contribution in [0.5, 0.6) is 0 Å². The summed E-state index contributed by atoms with van der Waals surface area (Å²) in [6, 6.07) is 3.20. The number of nitrogens with zero attached hydrogens (tertiary/aromatic N) is 1. The quantitative estimate of drug-likeness (QED) is 0.431. The highest BCUT2D eigenvalue weighted by Crippen LogP contribution is 2.26. The molecule has 1 aromatic rings. The van der Waals surface area contributed by atoms with Crippen molar-refractivity contribution in [2.75, 3.05) is 32.2 Å². The van der Waals surface area contributed by atoms with E-state index in [9.17, 15) is 4.79 Å². The maximum atomic E-state index is 11.9. The van der Waals surface area contributed by atoms with E-state index in [1.807, 2.05) is 6.92 Å². The Kier molecular flexibility index (Phi) is 3.98. The molecule has 1 rings (SSSR count). The van der Waals surface area contributed by atoms with Crippen LogP contribution < -0.4 is 16.5 Å². The maximum absolute atomic E-state index is 11.9. The van der Waals surface area contributed by atoms with Crippen LogP contribution >= 0.6 is 11.6 Å². The molecule has 0 bridgehead atoms. The van der Waals surface area contributed by atoms with E-state index in [0.29, 0.717) is 16.4 Å². The number of rotatable bonds is 2. The molecule has 0 aliphatic heterocycles. The largest absolute Gasteiger partial charge is 0.439 e. The summed E-state index contributed by atoms with van der Waals surface area (Å²) in [5.41, 5.74) is 10.6. The van der Waals surface area contributed by atoms with Gasteiger partial charge in [-0.15, -0.1) is 0 Å². The fraction of sp³-hybridized carbons (Fsp3) is 0.364. The number of anilines is 2. The number of nitrogen functional groups attached to an aromatic ring is 1. The molecule has 0 aliphatic rings. The van der Waals surface area contributed by atoms with Crippen LogP contribution in [0.15, 0.2) is 12.1 Å². The van der Waals surface area contributed by atoms with Crippen molar-refractivity contribution in [1.29, 1.82) is 0 Å². The van der Waals surface area contributed by atoms with E-state index in [1.165, 1.54) is 0 Å². The molecule has 1 aromatic carbocycles. The summed E-state index contributed by atoms with van der Waals surface area (Å²) < 4.78 is 0.0153. The maximum Gasteiger partial charge on any atom is 0.439 e. The van der Waals surface area contributed by atoms with Crippen LogP contribution in [-0.4, -0.2) is 31.8 Å². The lowest BCUT2D eigenvalue weighted by molar-refractivity contribution is -0.851. The van der Waals surface area contributed by atoms with E-state index in [1.54, 1.807) is 33.3 Å². The Morgan fingerprint density at radius 3 is 2.53 bits per heavy atom. The van der Waals surface area contributed by atoms with Gasteiger partial charge in [0, 0.05) is 7.05 Å². The van der Waals surface area contributed by atoms with Gasteiger partial charge in [0.05, 0.1) is 30.5 Å². The Hall–Kier alpha value is -1.30. The lowest BCUT2D eigenvalue weighted by Gasteiger charge is -2.24. The van der Waals surface area contributed by atoms with Crippen LogP contribution in [0, 0.1) is 6.92 Å². The first-order valence-corrected chi connectivity index (χ1v) is 5.56. The molecular formula is C11H18ClN4O+. The average Bonchev–Trinajstić information content (AvgIpc) is 2.25. The monoisotopic (exact) mass is 257 g/mol. The van der Waals surface area contributed by atoms with Gasteiger partial charge in [-0.2, -0.15) is 10.0 Å². The molecule has 0 heterocycles. The second kappa shape index (κ2) is 4.91. The standard InChI is InChI=1S/C11H17ClN4O/c1-7-5-9(13)8(12)6-10(7)15-11(17)16(3,4)14-2/h5-6,14H,13H2,1-4H3/p+1. The number of halogens is 1. The van der Waals surface area contributed by atoms with E-state index in [-0.39, 0.29) is 10.6 Å². The zero-order valence-electron chi connectivity index (χ0n) is 10.5. The summed E-state index contributed by atoms with van der Waals surface area (Å²) in [4.78, 5) is 11.9. The van der Waals surface area contributed by atoms with E-state index in [0.717, 1.165) is 5.56 Å². The Balaban J connectivity index is 2.97. The molecule has 0 radical (unpaired) electrons. The minimum Gasteiger partial charge on any atom is -0.398 e. The van der Waals surface area contributed by atoms with Crippen LogP contribution in [0.1, 0.15) is 5.56 Å². The number of urea groups is 1. The van der Waals surface area contributed by atoms with Gasteiger partial charge in [0.25, 0.3) is 0 Å². The van der Waals surface area contributed by atoms with E-state index >= 15 is 0 Å². The van der Waals surface area contributed by atoms with E-state index in [2.05, 4.69) is 10.7 Å². The lowest BCUT2D eigenvalue weighted by atomic mass is 10.2. The van der Waals surface area contributed by atoms with Gasteiger partial charge in [-0.05, 0) is 24.6 Å². The first-order chi connectivity index (χ1) is 7.77. The first-order valence-electron chi connectivity index (χ1n) is 5.18. The fourth-order valence-electron chi connectivity index (χ4n) is 1.20. The molecule has 0 aliphatic carbocycles. The number of hydrogen-bond donors (Lipinski definition) is 3. The number of nitrogens with two attached hydrogens (primary N) is 1. The van der Waals surface area contributed by atoms with Crippen molar-refractivity contribution in [1.82, 2.24) is 5.43 Å². The molecule has 0 spiro atoms. The molecule has 4 N–H and O–H groups in total. The molecule has 6 heteroatoms. The van der Waals surface area contributed by atoms with Crippen LogP contribution in [-0.2, 0) is 0 Å². The molecule has 0 saturated heterocycles. The van der Waals surface area contributed by atoms with Crippen LogP contribution in [0.25, 0.3) is 0 Å². The fourth-order valence-corrected chi connectivity index (χ4v) is 1.36. The van der Waals surface area contributed by atoms with Gasteiger partial charge >= 0.3 is 6.03 Å². The SMILES string of the molecule is CN[N+](C)(C)C(=O)Nc1cc(Cl)c(N)cc1C. The van der Waals surface area contributed by atoms with Gasteiger partial charge in [0.15, 0.2) is 0 Å². The number of carbonyl (C=O) groups excluding carboxylic acids is 1. The average molecular weight is 258 g/mol. The Bertz CT molecular complexity index is 445. The molecular weight excluding hydrogens is 240 g/mol. The molecule has 17 heavy (non-hydrogen) atoms. The molecule has 0 fully saturated rings. The van der Waals surface area contributed by atoms with Crippen molar-refractivity contribution in [3.63, 3.8) is 0 Å². The highest BCUT2D eigenvalue weighted by molar-refractivity contribution is 6.33. The van der Waals surface area contributed by atoms with Gasteiger partial charge in [-0.1, -0.05) is 11.6 Å². The topological polar surface area (TPSA) is 67.2 Å². The zero-order chi connectivity index (χ0) is 13.2. The number of amides is 2. The summed E-state index contributed by atoms with van der Waals surface area (Å²) in [5, 5.41) is 3.23. The van der Waals surface area contributed by atoms with Crippen molar-refractivity contribution in [3.05, 3.63) is 22.7 Å². The molecule has 0 atom stereocenters. The number of benzene rings is 1. The van der Waals surface area contributed by atoms with Gasteiger partial charge in [-0.25, -0.2) is 4.79 Å². The third-order valence-electron chi connectivity index (χ3n) is 2.65. The zero-order valence-corrected chi connectivity index (χ0v) is 11.2. The summed E-state index contributed by atoms with van der Waals surface area (Å²) in [6.07, 6.45) is 0. The van der Waals surface area contributed by atoms with Crippen LogP contribution in [0.2, 0.25) is 5.02 Å². The summed E-state index contributed by atoms with van der Waals surface area (Å²) >= 11 is 5.92. The third-order valence-corrected chi connectivity index (χ3v) is 2.98. The van der Waals surface area contributed by atoms with Crippen LogP contribution in [0.4, 0.5) is 16.2 Å². The van der Waals surface area contributed by atoms with Crippen LogP contribution in [0.3, 0.4) is 0 Å². The number of carbonyl (C=O) groups is 1. The highest BCUT2D eigenvalue weighted by atomic mass is 35.5. The van der Waals surface area contributed by atoms with Gasteiger partial charge in [0.1, 0.15) is 0 Å². The van der Waals surface area contributed by atoms with Crippen molar-refractivity contribution in [2.45, 2.75) is 6.92 Å². The molecule has 94 valence electrons. The van der Waals surface area contributed by atoms with Gasteiger partial charge in [0.2, 0.25) is 0 Å². The molecule has 0 aromatic heterocycles. The van der Waals surface area contributed by atoms with Crippen molar-refractivity contribution in [2.24, 2.45) is 0 Å². The molecule has 0 unspecified atom stereocenters. The number of nitrogens with one attached hydrogen (secondary N) is 2. The van der Waals surface area contributed by atoms with Crippen molar-refractivity contribution in [3.8, 4) is 0 Å². The van der Waals surface area contributed by atoms with Gasteiger partial charge in [-0.3, -0.25) is 5.32 Å². The second-order valence-electron chi connectivity index (χ2n) is 4.30. The summed E-state index contributed by atoms with van der Waals surface area (Å²) in [6.45, 7) is 1.86. The Morgan fingerprint density at radius 2 is 2.00 bits per heavy atom. The minimum atomic E-state index is -0.184. The summed E-state index contributed by atoms with van der Waals surface area (Å²) in [5.74, 6) is 0. The predicted molar refractivity (Wildman–Crippen MR) is 70.8 cm³/mol. The third kappa shape index (κ3) is 3.09. The predicted octanol–water partition coefficient (Wildman–Crippen LogP) is 1.97.